The minimum atomic E-state index is -0.486. The maximum atomic E-state index is 13.1. The number of ether oxygens (including phenoxy) is 1. The molecule has 0 N–H and O–H groups in total. The van der Waals surface area contributed by atoms with Crippen LogP contribution < -0.4 is 4.74 Å². The number of hydrogen-bond acceptors (Lipinski definition) is 4. The van der Waals surface area contributed by atoms with Crippen molar-refractivity contribution in [2.75, 3.05) is 0 Å². The van der Waals surface area contributed by atoms with E-state index >= 15 is 0 Å². The van der Waals surface area contributed by atoms with Gasteiger partial charge in [-0.15, -0.1) is 0 Å². The Balaban J connectivity index is 1.56. The third-order valence-electron chi connectivity index (χ3n) is 4.80. The number of benzene rings is 3. The Kier molecular flexibility index (Phi) is 5.71. The predicted octanol–water partition coefficient (Wildman–Crippen LogP) is 4.85. The average Bonchev–Trinajstić information content (AvgIpc) is 3.08. The van der Waals surface area contributed by atoms with Crippen LogP contribution in [0, 0.1) is 5.82 Å². The molecule has 0 aromatic heterocycles. The highest BCUT2D eigenvalue weighted by Crippen LogP contribution is 2.26. The second-order valence-electron chi connectivity index (χ2n) is 6.98. The van der Waals surface area contributed by atoms with Crippen molar-refractivity contribution < 1.29 is 18.7 Å². The zero-order valence-corrected chi connectivity index (χ0v) is 16.8. The van der Waals surface area contributed by atoms with E-state index in [1.54, 1.807) is 61.5 Å². The molecule has 4 rings (SSSR count). The van der Waals surface area contributed by atoms with Gasteiger partial charge in [0.1, 0.15) is 18.2 Å². The first-order valence-corrected chi connectivity index (χ1v) is 9.70. The number of imide groups is 1. The first-order valence-electron chi connectivity index (χ1n) is 9.70. The minimum Gasteiger partial charge on any atom is -0.488 e. The number of para-hydroxylation sites is 1. The van der Waals surface area contributed by atoms with E-state index < -0.39 is 11.8 Å². The third-order valence-corrected chi connectivity index (χ3v) is 4.80. The largest absolute Gasteiger partial charge is 0.488 e. The van der Waals surface area contributed by atoms with Crippen LogP contribution in [0.3, 0.4) is 0 Å². The molecule has 1 aliphatic heterocycles. The van der Waals surface area contributed by atoms with Gasteiger partial charge in [0.15, 0.2) is 0 Å². The summed E-state index contributed by atoms with van der Waals surface area (Å²) in [6, 6.07) is 21.9. The summed E-state index contributed by atoms with van der Waals surface area (Å²) in [7, 11) is 0. The summed E-state index contributed by atoms with van der Waals surface area (Å²) in [6.45, 7) is 1.93. The van der Waals surface area contributed by atoms with Crippen molar-refractivity contribution >= 4 is 23.6 Å². The molecular weight excluding hydrogens is 395 g/mol. The molecule has 0 unspecified atom stereocenters. The Bertz CT molecular complexity index is 1180. The monoisotopic (exact) mass is 414 g/mol. The lowest BCUT2D eigenvalue weighted by Crippen LogP contribution is -2.29. The van der Waals surface area contributed by atoms with Crippen molar-refractivity contribution in [3.8, 4) is 5.75 Å². The van der Waals surface area contributed by atoms with E-state index in [9.17, 15) is 14.0 Å². The Morgan fingerprint density at radius 1 is 1.00 bits per heavy atom. The van der Waals surface area contributed by atoms with Gasteiger partial charge in [-0.2, -0.15) is 10.1 Å². The molecular formula is C25H19FN2O3. The third kappa shape index (κ3) is 4.43. The van der Waals surface area contributed by atoms with Gasteiger partial charge < -0.3 is 4.74 Å². The lowest BCUT2D eigenvalue weighted by atomic mass is 10.1. The number of rotatable bonds is 5. The van der Waals surface area contributed by atoms with Crippen LogP contribution in [-0.2, 0) is 11.4 Å². The number of carbonyl (C=O) groups is 2. The summed E-state index contributed by atoms with van der Waals surface area (Å²) in [5.74, 6) is -0.709. The summed E-state index contributed by atoms with van der Waals surface area (Å²) in [4.78, 5) is 25.6. The molecule has 1 heterocycles. The summed E-state index contributed by atoms with van der Waals surface area (Å²) >= 11 is 0. The first-order chi connectivity index (χ1) is 15.0. The number of hydrogen-bond donors (Lipinski definition) is 0. The molecule has 31 heavy (non-hydrogen) atoms. The zero-order valence-electron chi connectivity index (χ0n) is 16.8. The second kappa shape index (κ2) is 8.75. The van der Waals surface area contributed by atoms with Crippen LogP contribution in [0.15, 0.2) is 89.5 Å². The van der Waals surface area contributed by atoms with E-state index in [4.69, 9.17) is 4.74 Å². The van der Waals surface area contributed by atoms with Crippen LogP contribution in [0.1, 0.15) is 28.4 Å². The fourth-order valence-corrected chi connectivity index (χ4v) is 3.15. The highest BCUT2D eigenvalue weighted by molar-refractivity contribution is 6.30. The molecule has 0 aliphatic carbocycles. The molecule has 1 aliphatic rings. The van der Waals surface area contributed by atoms with Crippen LogP contribution in [0.4, 0.5) is 4.39 Å². The fraction of sp³-hybridized carbons (Fsp3) is 0.0800. The number of halogens is 1. The van der Waals surface area contributed by atoms with Crippen molar-refractivity contribution in [3.63, 3.8) is 0 Å². The minimum absolute atomic E-state index is 0.250. The van der Waals surface area contributed by atoms with E-state index in [0.29, 0.717) is 28.2 Å². The van der Waals surface area contributed by atoms with Crippen LogP contribution in [-0.4, -0.2) is 22.5 Å². The first kappa shape index (κ1) is 20.2. The summed E-state index contributed by atoms with van der Waals surface area (Å²) in [5.41, 5.74) is 2.65. The Morgan fingerprint density at radius 2 is 1.68 bits per heavy atom. The molecule has 0 atom stereocenters. The number of carbonyl (C=O) groups excluding carboxylic acids is 2. The molecule has 3 aromatic rings. The highest BCUT2D eigenvalue weighted by Gasteiger charge is 2.33. The van der Waals surface area contributed by atoms with Crippen LogP contribution >= 0.6 is 0 Å². The normalized spacial score (nSPS) is 14.6. The zero-order chi connectivity index (χ0) is 21.8. The van der Waals surface area contributed by atoms with Gasteiger partial charge in [0.05, 0.1) is 11.3 Å². The Hall–Kier alpha value is -4.06. The van der Waals surface area contributed by atoms with Gasteiger partial charge >= 0.3 is 0 Å². The van der Waals surface area contributed by atoms with E-state index in [1.165, 1.54) is 12.1 Å². The van der Waals surface area contributed by atoms with Gasteiger partial charge in [-0.25, -0.2) is 4.39 Å². The van der Waals surface area contributed by atoms with Gasteiger partial charge in [-0.1, -0.05) is 48.5 Å². The summed E-state index contributed by atoms with van der Waals surface area (Å²) < 4.78 is 19.0. The predicted molar refractivity (Wildman–Crippen MR) is 116 cm³/mol. The van der Waals surface area contributed by atoms with Gasteiger partial charge in [0, 0.05) is 11.1 Å². The van der Waals surface area contributed by atoms with E-state index in [0.717, 1.165) is 10.6 Å². The van der Waals surface area contributed by atoms with E-state index in [-0.39, 0.29) is 12.4 Å². The molecule has 0 spiro atoms. The van der Waals surface area contributed by atoms with Crippen molar-refractivity contribution in [1.82, 2.24) is 5.01 Å². The van der Waals surface area contributed by atoms with Crippen molar-refractivity contribution in [2.45, 2.75) is 13.5 Å². The van der Waals surface area contributed by atoms with Gasteiger partial charge in [0.2, 0.25) is 0 Å². The highest BCUT2D eigenvalue weighted by atomic mass is 19.1. The number of hydrazone groups is 1. The second-order valence-corrected chi connectivity index (χ2v) is 6.98. The lowest BCUT2D eigenvalue weighted by molar-refractivity contribution is -0.123. The van der Waals surface area contributed by atoms with Gasteiger partial charge in [-0.3, -0.25) is 9.59 Å². The van der Waals surface area contributed by atoms with Gasteiger partial charge in [-0.05, 0) is 48.9 Å². The maximum absolute atomic E-state index is 13.1. The molecule has 0 radical (unpaired) electrons. The summed E-state index contributed by atoms with van der Waals surface area (Å²) in [5, 5.41) is 5.05. The van der Waals surface area contributed by atoms with Crippen LogP contribution in [0.25, 0.3) is 6.08 Å². The fourth-order valence-electron chi connectivity index (χ4n) is 3.15. The Labute approximate surface area is 179 Å². The van der Waals surface area contributed by atoms with Crippen LogP contribution in [0.5, 0.6) is 5.75 Å². The number of amides is 2. The lowest BCUT2D eigenvalue weighted by Gasteiger charge is -2.11. The average molecular weight is 414 g/mol. The smallest absolute Gasteiger partial charge is 0.283 e. The molecule has 0 saturated carbocycles. The molecule has 3 aromatic carbocycles. The molecule has 154 valence electrons. The summed E-state index contributed by atoms with van der Waals surface area (Å²) in [6.07, 6.45) is 1.67. The van der Waals surface area contributed by atoms with E-state index in [1.807, 2.05) is 18.2 Å². The number of nitrogens with zero attached hydrogens (tertiary/aromatic N) is 2. The quantitative estimate of drug-likeness (QED) is 0.443. The van der Waals surface area contributed by atoms with Crippen molar-refractivity contribution in [3.05, 3.63) is 107 Å². The standard InChI is InChI=1S/C25H19FN2O3/c1-17-22(25(30)28(27-17)24(29)19-7-3-2-4-8-19)15-20-9-5-6-10-23(20)31-16-18-11-13-21(26)14-12-18/h2-15H,16H2,1H3/b22-15+. The van der Waals surface area contributed by atoms with Gasteiger partial charge in [0.25, 0.3) is 11.8 Å². The van der Waals surface area contributed by atoms with Crippen molar-refractivity contribution in [2.24, 2.45) is 5.10 Å². The SMILES string of the molecule is CC1=NN(C(=O)c2ccccc2)C(=O)/C1=C/c1ccccc1OCc1ccc(F)cc1. The topological polar surface area (TPSA) is 59.0 Å². The molecule has 0 bridgehead atoms. The maximum Gasteiger partial charge on any atom is 0.283 e. The Morgan fingerprint density at radius 3 is 2.42 bits per heavy atom. The molecule has 5 nitrogen and oxygen atoms in total. The van der Waals surface area contributed by atoms with E-state index in [2.05, 4.69) is 5.10 Å². The molecule has 2 amide bonds. The molecule has 0 fully saturated rings. The van der Waals surface area contributed by atoms with Crippen LogP contribution in [0.2, 0.25) is 0 Å². The molecule has 6 heteroatoms. The molecule has 0 saturated heterocycles. The van der Waals surface area contributed by atoms with Crippen molar-refractivity contribution in [1.29, 1.82) is 0 Å².